The Morgan fingerprint density at radius 1 is 0.721 bits per heavy atom. The van der Waals surface area contributed by atoms with Crippen LogP contribution in [0.2, 0.25) is 0 Å². The molecule has 0 saturated carbocycles. The van der Waals surface area contributed by atoms with Gasteiger partial charge in [-0.15, -0.1) is 0 Å². The molecule has 0 fully saturated rings. The molecular weight excluding hydrogens is 820 g/mol. The molecule has 316 valence electrons. The van der Waals surface area contributed by atoms with Gasteiger partial charge < -0.3 is 23.5 Å². The Morgan fingerprint density at radius 2 is 1.33 bits per heavy atom. The van der Waals surface area contributed by atoms with E-state index in [1.54, 1.807) is 0 Å². The number of nitrogens with zero attached hydrogens (tertiary/aromatic N) is 2. The normalized spacial score (nSPS) is 21.5. The average molecular weight is 873 g/mol. The summed E-state index contributed by atoms with van der Waals surface area (Å²) in [6.45, 7) is 10.0. The van der Waals surface area contributed by atoms with Crippen molar-refractivity contribution in [2.45, 2.75) is 89.9 Å². The maximum Gasteiger partial charge on any atom is 1.00 e. The van der Waals surface area contributed by atoms with Gasteiger partial charge in [-0.25, -0.2) is 16.8 Å². The van der Waals surface area contributed by atoms with Gasteiger partial charge in [-0.2, -0.15) is 4.58 Å². The first-order valence-electron chi connectivity index (χ1n) is 21.0. The number of para-hydroxylation sites is 4. The maximum absolute atomic E-state index is 11.4. The van der Waals surface area contributed by atoms with E-state index >= 15 is 0 Å². The van der Waals surface area contributed by atoms with Gasteiger partial charge in [0.2, 0.25) is 5.69 Å². The van der Waals surface area contributed by atoms with E-state index in [2.05, 4.69) is 85.7 Å². The van der Waals surface area contributed by atoms with Crippen LogP contribution < -0.4 is 43.9 Å². The molecule has 0 spiro atoms. The Balaban J connectivity index is 0.00000561. The number of ether oxygens (including phenoxy) is 2. The minimum absolute atomic E-state index is 0. The van der Waals surface area contributed by atoms with Gasteiger partial charge in [0.15, 0.2) is 17.2 Å². The van der Waals surface area contributed by atoms with Gasteiger partial charge in [-0.05, 0) is 112 Å². The van der Waals surface area contributed by atoms with E-state index in [0.717, 1.165) is 76.7 Å². The molecule has 2 aliphatic carbocycles. The van der Waals surface area contributed by atoms with E-state index in [4.69, 9.17) is 9.47 Å². The maximum atomic E-state index is 11.4. The Bertz CT molecular complexity index is 2640. The van der Waals surface area contributed by atoms with Crippen LogP contribution in [0.15, 0.2) is 131 Å². The molecule has 5 aliphatic rings. The molecule has 3 aromatic rings. The van der Waals surface area contributed by atoms with Crippen molar-refractivity contribution < 1.29 is 69.5 Å². The van der Waals surface area contributed by atoms with Crippen molar-refractivity contribution in [3.63, 3.8) is 0 Å². The molecule has 0 aromatic heterocycles. The Hall–Kier alpha value is -3.75. The van der Waals surface area contributed by atoms with E-state index in [1.165, 1.54) is 11.1 Å². The number of fused-ring (bicyclic) bond motifs is 3. The summed E-state index contributed by atoms with van der Waals surface area (Å²) < 4.78 is 84.3. The Morgan fingerprint density at radius 3 is 2.03 bits per heavy atom. The third kappa shape index (κ3) is 9.32. The van der Waals surface area contributed by atoms with E-state index in [9.17, 15) is 25.9 Å². The second-order valence-electron chi connectivity index (χ2n) is 17.5. The molecule has 3 aromatic carbocycles. The van der Waals surface area contributed by atoms with Crippen molar-refractivity contribution in [2.75, 3.05) is 29.5 Å². The zero-order valence-electron chi connectivity index (χ0n) is 35.8. The van der Waals surface area contributed by atoms with Gasteiger partial charge in [0.25, 0.3) is 0 Å². The first kappa shape index (κ1) is 45.3. The van der Waals surface area contributed by atoms with E-state index in [1.807, 2.05) is 48.5 Å². The van der Waals surface area contributed by atoms with Gasteiger partial charge in [0, 0.05) is 64.5 Å². The molecule has 0 saturated heterocycles. The minimum Gasteiger partial charge on any atom is -0.748 e. The van der Waals surface area contributed by atoms with Crippen LogP contribution in [0, 0.1) is 5.92 Å². The first-order valence-corrected chi connectivity index (χ1v) is 24.2. The smallest absolute Gasteiger partial charge is 0.748 e. The van der Waals surface area contributed by atoms with Crippen LogP contribution in [-0.2, 0) is 31.1 Å². The molecule has 0 amide bonds. The van der Waals surface area contributed by atoms with Crippen LogP contribution >= 0.6 is 0 Å². The summed E-state index contributed by atoms with van der Waals surface area (Å²) in [6, 6.07) is 24.4. The fourth-order valence-electron chi connectivity index (χ4n) is 9.76. The zero-order chi connectivity index (χ0) is 42.5. The van der Waals surface area contributed by atoms with Crippen molar-refractivity contribution >= 4 is 37.3 Å². The van der Waals surface area contributed by atoms with Crippen LogP contribution in [0.1, 0.15) is 90.2 Å². The molecule has 61 heavy (non-hydrogen) atoms. The monoisotopic (exact) mass is 872 g/mol. The molecule has 3 heterocycles. The SMILES string of the molecule is CC1(C)C(/C=C/C2=C3Oc4ccccc4OC4=C3C(CC2)CC/C4=C\C=C2\N(CCCCS(=O)(=O)[O-])c3ccccc3C2(C)C)=[N+](CCCCS(=O)(=O)[O-])c2ccccc21.[Na+]. The average Bonchev–Trinajstić information content (AvgIpc) is 3.44. The summed E-state index contributed by atoms with van der Waals surface area (Å²) in [5, 5.41) is 0. The fourth-order valence-corrected chi connectivity index (χ4v) is 10.9. The molecule has 10 nitrogen and oxygen atoms in total. The van der Waals surface area contributed by atoms with Crippen LogP contribution in [0.25, 0.3) is 0 Å². The Labute approximate surface area is 383 Å². The summed E-state index contributed by atoms with van der Waals surface area (Å²) in [6.07, 6.45) is 14.0. The van der Waals surface area contributed by atoms with E-state index in [0.29, 0.717) is 50.3 Å². The van der Waals surface area contributed by atoms with E-state index in [-0.39, 0.29) is 57.8 Å². The standard InChI is InChI=1S/C48H54N2O8S2.Na/c1-47(2)36-15-5-7-17-38(36)49(29-11-13-31-59(51,52)53)42(47)27-25-34-23-21-33-22-24-35(46-44(33)45(34)57-40-19-9-10-20-41(40)58-46)26-28-43-48(3,4)37-16-6-8-18-39(37)50(43)30-12-14-32-60(54,55)56;/h5-10,15-20,25-28,33H,11-14,21-24,29-32H2,1-4H3,(H-,51,52,53,54,55,56);/q;+1/p-1. The van der Waals surface area contributed by atoms with Gasteiger partial charge >= 0.3 is 29.6 Å². The third-order valence-electron chi connectivity index (χ3n) is 12.8. The molecule has 3 aliphatic heterocycles. The second-order valence-corrected chi connectivity index (χ2v) is 20.6. The van der Waals surface area contributed by atoms with Gasteiger partial charge in [0.05, 0.1) is 25.7 Å². The quantitative estimate of drug-likeness (QED) is 0.0868. The first-order chi connectivity index (χ1) is 28.5. The van der Waals surface area contributed by atoms with Crippen molar-refractivity contribution in [1.82, 2.24) is 0 Å². The Kier molecular flexibility index (Phi) is 13.2. The molecule has 1 unspecified atom stereocenters. The number of anilines is 1. The van der Waals surface area contributed by atoms with Gasteiger partial charge in [-0.1, -0.05) is 68.5 Å². The summed E-state index contributed by atoms with van der Waals surface area (Å²) in [5.74, 6) is 2.46. The summed E-state index contributed by atoms with van der Waals surface area (Å²) in [4.78, 5) is 2.27. The predicted molar refractivity (Wildman–Crippen MR) is 233 cm³/mol. The van der Waals surface area contributed by atoms with Crippen LogP contribution in [-0.4, -0.2) is 60.8 Å². The summed E-state index contributed by atoms with van der Waals surface area (Å²) in [7, 11) is -8.56. The van der Waals surface area contributed by atoms with Crippen molar-refractivity contribution in [2.24, 2.45) is 5.92 Å². The zero-order valence-corrected chi connectivity index (χ0v) is 39.4. The second kappa shape index (κ2) is 17.8. The van der Waals surface area contributed by atoms with Crippen LogP contribution in [0.4, 0.5) is 11.4 Å². The molecular formula is C48H53N2NaO8S2. The number of rotatable bonds is 13. The van der Waals surface area contributed by atoms with Crippen molar-refractivity contribution in [3.05, 3.63) is 142 Å². The van der Waals surface area contributed by atoms with Gasteiger partial charge in [-0.3, -0.25) is 0 Å². The molecule has 0 bridgehead atoms. The molecule has 1 atom stereocenters. The molecule has 13 heteroatoms. The van der Waals surface area contributed by atoms with E-state index < -0.39 is 20.2 Å². The number of unbranched alkanes of at least 4 members (excludes halogenated alkanes) is 2. The largest absolute Gasteiger partial charge is 1.00 e. The number of hydrogen-bond acceptors (Lipinski definition) is 9. The van der Waals surface area contributed by atoms with Crippen molar-refractivity contribution in [1.29, 1.82) is 0 Å². The summed E-state index contributed by atoms with van der Waals surface area (Å²) >= 11 is 0. The minimum atomic E-state index is -4.28. The fraction of sp³-hybridized carbons (Fsp3) is 0.396. The number of hydrogen-bond donors (Lipinski definition) is 0. The number of allylic oxidation sites excluding steroid dienone is 8. The summed E-state index contributed by atoms with van der Waals surface area (Å²) in [5.41, 5.74) is 9.34. The van der Waals surface area contributed by atoms with Crippen LogP contribution in [0.3, 0.4) is 0 Å². The van der Waals surface area contributed by atoms with Crippen molar-refractivity contribution in [3.8, 4) is 11.5 Å². The molecule has 0 N–H and O–H groups in total. The molecule has 8 rings (SSSR count). The third-order valence-corrected chi connectivity index (χ3v) is 14.4. The predicted octanol–water partition coefficient (Wildman–Crippen LogP) is 6.07. The van der Waals surface area contributed by atoms with Crippen LogP contribution in [0.5, 0.6) is 11.5 Å². The van der Waals surface area contributed by atoms with Gasteiger partial charge in [0.1, 0.15) is 18.1 Å². The number of benzene rings is 3. The topological polar surface area (TPSA) is 139 Å². The molecule has 0 radical (unpaired) electrons.